The zero-order valence-electron chi connectivity index (χ0n) is 15.9. The van der Waals surface area contributed by atoms with Crippen molar-refractivity contribution in [2.45, 2.75) is 57.6 Å². The van der Waals surface area contributed by atoms with Gasteiger partial charge in [-0.25, -0.2) is 0 Å². The van der Waals surface area contributed by atoms with Gasteiger partial charge in [0.05, 0.1) is 6.10 Å². The van der Waals surface area contributed by atoms with E-state index in [0.29, 0.717) is 6.10 Å². The molecule has 3 aliphatic rings. The summed E-state index contributed by atoms with van der Waals surface area (Å²) in [5, 5.41) is 3.48. The molecule has 0 aliphatic carbocycles. The number of guanidine groups is 1. The number of hydrogen-bond donors (Lipinski definition) is 1. The Kier molecular flexibility index (Phi) is 7.82. The third-order valence-corrected chi connectivity index (χ3v) is 5.54. The zero-order valence-corrected chi connectivity index (χ0v) is 15.9. The van der Waals surface area contributed by atoms with Gasteiger partial charge in [0.2, 0.25) is 0 Å². The van der Waals surface area contributed by atoms with E-state index in [1.54, 1.807) is 0 Å². The fourth-order valence-electron chi connectivity index (χ4n) is 4.11. The lowest BCUT2D eigenvalue weighted by atomic mass is 10.1. The quantitative estimate of drug-likeness (QED) is 0.429. The molecule has 1 unspecified atom stereocenters. The summed E-state index contributed by atoms with van der Waals surface area (Å²) in [5.74, 6) is 1.09. The highest BCUT2D eigenvalue weighted by Crippen LogP contribution is 2.20. The average molecular weight is 353 g/mol. The van der Waals surface area contributed by atoms with E-state index in [4.69, 9.17) is 14.5 Å². The largest absolute Gasteiger partial charge is 0.381 e. The molecule has 0 amide bonds. The van der Waals surface area contributed by atoms with E-state index in [0.717, 1.165) is 77.3 Å². The molecule has 0 aromatic rings. The van der Waals surface area contributed by atoms with Crippen molar-refractivity contribution in [3.05, 3.63) is 0 Å². The molecule has 3 rings (SSSR count). The second-order valence-corrected chi connectivity index (χ2v) is 7.40. The van der Waals surface area contributed by atoms with Crippen LogP contribution >= 0.6 is 0 Å². The van der Waals surface area contributed by atoms with Crippen LogP contribution < -0.4 is 5.32 Å². The second-order valence-electron chi connectivity index (χ2n) is 7.40. The van der Waals surface area contributed by atoms with Crippen LogP contribution in [0.5, 0.6) is 0 Å². The first kappa shape index (κ1) is 18.9. The molecule has 0 aromatic carbocycles. The molecular weight excluding hydrogens is 316 g/mol. The van der Waals surface area contributed by atoms with Crippen molar-refractivity contribution in [1.29, 1.82) is 0 Å². The Hall–Kier alpha value is -0.850. The third kappa shape index (κ3) is 5.83. The summed E-state index contributed by atoms with van der Waals surface area (Å²) in [4.78, 5) is 9.97. The molecule has 25 heavy (non-hydrogen) atoms. The predicted molar refractivity (Wildman–Crippen MR) is 101 cm³/mol. The van der Waals surface area contributed by atoms with Gasteiger partial charge in [-0.05, 0) is 58.5 Å². The van der Waals surface area contributed by atoms with Crippen molar-refractivity contribution in [3.8, 4) is 0 Å². The minimum atomic E-state index is 0.394. The van der Waals surface area contributed by atoms with Gasteiger partial charge in [0.1, 0.15) is 0 Å². The first-order valence-corrected chi connectivity index (χ1v) is 10.3. The molecule has 3 fully saturated rings. The number of nitrogens with zero attached hydrogens (tertiary/aromatic N) is 3. The number of hydrogen-bond acceptors (Lipinski definition) is 4. The number of aliphatic imine (C=N–C) groups is 1. The van der Waals surface area contributed by atoms with E-state index in [2.05, 4.69) is 22.0 Å². The van der Waals surface area contributed by atoms with Gasteiger partial charge in [-0.1, -0.05) is 0 Å². The minimum Gasteiger partial charge on any atom is -0.381 e. The Bertz CT molecular complexity index is 406. The second kappa shape index (κ2) is 10.3. The Labute approximate surface area is 152 Å². The van der Waals surface area contributed by atoms with Crippen molar-refractivity contribution < 1.29 is 9.47 Å². The van der Waals surface area contributed by atoms with Gasteiger partial charge in [-0.15, -0.1) is 0 Å². The smallest absolute Gasteiger partial charge is 0.193 e. The Balaban J connectivity index is 1.38. The molecule has 1 atom stereocenters. The SMILES string of the molecule is CCNC(=NCCCOC1CCOCC1)N1CCC(N2CCCC2)C1. The van der Waals surface area contributed by atoms with E-state index in [-0.39, 0.29) is 0 Å². The molecule has 0 aromatic heterocycles. The van der Waals surface area contributed by atoms with Gasteiger partial charge in [0.25, 0.3) is 0 Å². The van der Waals surface area contributed by atoms with Crippen LogP contribution in [0.15, 0.2) is 4.99 Å². The molecule has 1 N–H and O–H groups in total. The van der Waals surface area contributed by atoms with E-state index in [1.807, 2.05) is 0 Å². The highest BCUT2D eigenvalue weighted by Gasteiger charge is 2.30. The maximum absolute atomic E-state index is 5.94. The Morgan fingerprint density at radius 3 is 2.72 bits per heavy atom. The summed E-state index contributed by atoms with van der Waals surface area (Å²) < 4.78 is 11.3. The molecule has 6 nitrogen and oxygen atoms in total. The molecule has 0 radical (unpaired) electrons. The summed E-state index contributed by atoms with van der Waals surface area (Å²) in [5.41, 5.74) is 0. The van der Waals surface area contributed by atoms with Gasteiger partial charge < -0.3 is 19.7 Å². The third-order valence-electron chi connectivity index (χ3n) is 5.54. The van der Waals surface area contributed by atoms with Crippen molar-refractivity contribution >= 4 is 5.96 Å². The molecule has 0 spiro atoms. The van der Waals surface area contributed by atoms with E-state index in [1.165, 1.54) is 32.4 Å². The van der Waals surface area contributed by atoms with Crippen LogP contribution in [0.25, 0.3) is 0 Å². The van der Waals surface area contributed by atoms with Gasteiger partial charge in [-0.3, -0.25) is 9.89 Å². The lowest BCUT2D eigenvalue weighted by molar-refractivity contribution is -0.0318. The molecule has 0 bridgehead atoms. The van der Waals surface area contributed by atoms with Crippen LogP contribution in [0, 0.1) is 0 Å². The van der Waals surface area contributed by atoms with E-state index < -0.39 is 0 Å². The maximum atomic E-state index is 5.94. The molecule has 144 valence electrons. The summed E-state index contributed by atoms with van der Waals surface area (Å²) in [6, 6.07) is 0.725. The molecule has 3 aliphatic heterocycles. The fraction of sp³-hybridized carbons (Fsp3) is 0.947. The van der Waals surface area contributed by atoms with E-state index >= 15 is 0 Å². The average Bonchev–Trinajstić information content (AvgIpc) is 3.33. The van der Waals surface area contributed by atoms with Crippen molar-refractivity contribution in [3.63, 3.8) is 0 Å². The Morgan fingerprint density at radius 1 is 1.16 bits per heavy atom. The summed E-state index contributed by atoms with van der Waals surface area (Å²) in [7, 11) is 0. The summed E-state index contributed by atoms with van der Waals surface area (Å²) in [6.07, 6.45) is 7.49. The summed E-state index contributed by atoms with van der Waals surface area (Å²) >= 11 is 0. The Morgan fingerprint density at radius 2 is 1.96 bits per heavy atom. The normalized spacial score (nSPS) is 26.5. The lowest BCUT2D eigenvalue weighted by Gasteiger charge is -2.25. The minimum absolute atomic E-state index is 0.394. The van der Waals surface area contributed by atoms with Crippen LogP contribution in [0.4, 0.5) is 0 Å². The predicted octanol–water partition coefficient (Wildman–Crippen LogP) is 1.71. The van der Waals surface area contributed by atoms with Crippen molar-refractivity contribution in [2.24, 2.45) is 4.99 Å². The van der Waals surface area contributed by atoms with Gasteiger partial charge in [0.15, 0.2) is 5.96 Å². The highest BCUT2D eigenvalue weighted by molar-refractivity contribution is 5.80. The van der Waals surface area contributed by atoms with Crippen LogP contribution in [0.3, 0.4) is 0 Å². The molecule has 3 saturated heterocycles. The van der Waals surface area contributed by atoms with Gasteiger partial charge in [-0.2, -0.15) is 0 Å². The first-order chi connectivity index (χ1) is 12.4. The summed E-state index contributed by atoms with van der Waals surface area (Å²) in [6.45, 7) is 11.3. The number of likely N-dealkylation sites (tertiary alicyclic amines) is 2. The van der Waals surface area contributed by atoms with Crippen LogP contribution in [-0.4, -0.2) is 87.0 Å². The van der Waals surface area contributed by atoms with Gasteiger partial charge >= 0.3 is 0 Å². The zero-order chi connectivity index (χ0) is 17.3. The molecule has 3 heterocycles. The molecule has 0 saturated carbocycles. The van der Waals surface area contributed by atoms with E-state index in [9.17, 15) is 0 Å². The maximum Gasteiger partial charge on any atom is 0.193 e. The van der Waals surface area contributed by atoms with Gasteiger partial charge in [0, 0.05) is 52.0 Å². The van der Waals surface area contributed by atoms with Crippen LogP contribution in [0.1, 0.15) is 45.4 Å². The van der Waals surface area contributed by atoms with Crippen molar-refractivity contribution in [1.82, 2.24) is 15.1 Å². The molecule has 6 heteroatoms. The van der Waals surface area contributed by atoms with Crippen molar-refractivity contribution in [2.75, 3.05) is 59.1 Å². The fourth-order valence-corrected chi connectivity index (χ4v) is 4.11. The van der Waals surface area contributed by atoms with Crippen LogP contribution in [-0.2, 0) is 9.47 Å². The monoisotopic (exact) mass is 352 g/mol. The number of rotatable bonds is 7. The first-order valence-electron chi connectivity index (χ1n) is 10.3. The standard InChI is InChI=1S/C19H36N4O2/c1-2-20-19(21-9-5-13-25-18-7-14-24-15-8-18)23-12-6-17(16-23)22-10-3-4-11-22/h17-18H,2-16H2,1H3,(H,20,21). The topological polar surface area (TPSA) is 49.3 Å². The highest BCUT2D eigenvalue weighted by atomic mass is 16.5. The molecular formula is C19H36N4O2. The lowest BCUT2D eigenvalue weighted by Crippen LogP contribution is -2.42. The van der Waals surface area contributed by atoms with Crippen LogP contribution in [0.2, 0.25) is 0 Å². The number of ether oxygens (including phenoxy) is 2. The number of nitrogens with one attached hydrogen (secondary N) is 1.